The third-order valence-electron chi connectivity index (χ3n) is 6.58. The van der Waals surface area contributed by atoms with E-state index in [-0.39, 0.29) is 0 Å². The van der Waals surface area contributed by atoms with Crippen LogP contribution in [-0.4, -0.2) is 0 Å². The minimum absolute atomic E-state index is 0.392. The number of rotatable bonds is 5. The normalized spacial score (nSPS) is 29.6. The monoisotopic (exact) mass is 357 g/mol. The standard InChI is InChI=1S/C23H29F2N/c24-22-14-13-21(16-23(22)25)20-11-9-19(10-12-20)8-7-18-5-3-17(4-6-18)2-1-15-26/h1-2,13-14,16-20H,3-12H2/b2-1+. The van der Waals surface area contributed by atoms with Crippen molar-refractivity contribution in [2.24, 2.45) is 17.8 Å². The average molecular weight is 357 g/mol. The third-order valence-corrected chi connectivity index (χ3v) is 6.58. The summed E-state index contributed by atoms with van der Waals surface area (Å²) >= 11 is 0. The summed E-state index contributed by atoms with van der Waals surface area (Å²) in [4.78, 5) is 0. The fourth-order valence-electron chi connectivity index (χ4n) is 4.87. The van der Waals surface area contributed by atoms with Crippen molar-refractivity contribution in [1.29, 1.82) is 5.26 Å². The van der Waals surface area contributed by atoms with Gasteiger partial charge >= 0.3 is 0 Å². The summed E-state index contributed by atoms with van der Waals surface area (Å²) in [6, 6.07) is 6.50. The van der Waals surface area contributed by atoms with E-state index in [9.17, 15) is 8.78 Å². The second kappa shape index (κ2) is 9.31. The Hall–Kier alpha value is -1.69. The van der Waals surface area contributed by atoms with E-state index in [0.29, 0.717) is 11.8 Å². The van der Waals surface area contributed by atoms with Crippen molar-refractivity contribution in [2.45, 2.75) is 70.1 Å². The Labute approximate surface area is 156 Å². The maximum absolute atomic E-state index is 13.4. The summed E-state index contributed by atoms with van der Waals surface area (Å²) in [7, 11) is 0. The molecule has 0 atom stereocenters. The molecular weight excluding hydrogens is 328 g/mol. The van der Waals surface area contributed by atoms with Gasteiger partial charge in [0.15, 0.2) is 11.6 Å². The van der Waals surface area contributed by atoms with E-state index < -0.39 is 11.6 Å². The second-order valence-electron chi connectivity index (χ2n) is 8.24. The number of benzene rings is 1. The minimum Gasteiger partial charge on any atom is -0.204 e. The van der Waals surface area contributed by atoms with Crippen molar-refractivity contribution in [1.82, 2.24) is 0 Å². The van der Waals surface area contributed by atoms with Crippen molar-refractivity contribution >= 4 is 0 Å². The molecule has 0 amide bonds. The van der Waals surface area contributed by atoms with Crippen LogP contribution in [0.5, 0.6) is 0 Å². The molecule has 140 valence electrons. The highest BCUT2D eigenvalue weighted by atomic mass is 19.2. The van der Waals surface area contributed by atoms with Crippen molar-refractivity contribution in [3.8, 4) is 6.07 Å². The lowest BCUT2D eigenvalue weighted by Crippen LogP contribution is -2.17. The van der Waals surface area contributed by atoms with Gasteiger partial charge in [-0.2, -0.15) is 5.26 Å². The first-order valence-corrected chi connectivity index (χ1v) is 10.2. The zero-order chi connectivity index (χ0) is 18.4. The van der Waals surface area contributed by atoms with Crippen LogP contribution in [0, 0.1) is 40.7 Å². The Morgan fingerprint density at radius 3 is 2.08 bits per heavy atom. The molecule has 3 rings (SSSR count). The number of nitriles is 1. The Morgan fingerprint density at radius 2 is 1.50 bits per heavy atom. The van der Waals surface area contributed by atoms with Gasteiger partial charge in [0, 0.05) is 6.08 Å². The lowest BCUT2D eigenvalue weighted by molar-refractivity contribution is 0.246. The van der Waals surface area contributed by atoms with Crippen LogP contribution in [0.25, 0.3) is 0 Å². The summed E-state index contributed by atoms with van der Waals surface area (Å²) in [5.74, 6) is 1.18. The van der Waals surface area contributed by atoms with Crippen LogP contribution in [0.15, 0.2) is 30.4 Å². The minimum atomic E-state index is -0.750. The van der Waals surface area contributed by atoms with Gasteiger partial charge in [-0.1, -0.05) is 25.0 Å². The average Bonchev–Trinajstić information content (AvgIpc) is 2.68. The van der Waals surface area contributed by atoms with Crippen molar-refractivity contribution in [2.75, 3.05) is 0 Å². The zero-order valence-corrected chi connectivity index (χ0v) is 15.5. The largest absolute Gasteiger partial charge is 0.204 e. The highest BCUT2D eigenvalue weighted by Crippen LogP contribution is 2.40. The van der Waals surface area contributed by atoms with Crippen LogP contribution in [0.2, 0.25) is 0 Å². The van der Waals surface area contributed by atoms with E-state index in [2.05, 4.69) is 12.1 Å². The molecule has 2 fully saturated rings. The molecule has 0 bridgehead atoms. The van der Waals surface area contributed by atoms with Crippen LogP contribution in [0.4, 0.5) is 8.78 Å². The summed E-state index contributed by atoms with van der Waals surface area (Å²) in [6.45, 7) is 0. The van der Waals surface area contributed by atoms with Crippen molar-refractivity contribution in [3.63, 3.8) is 0 Å². The first-order chi connectivity index (χ1) is 12.7. The number of allylic oxidation sites excluding steroid dienone is 2. The smallest absolute Gasteiger partial charge is 0.159 e. The van der Waals surface area contributed by atoms with Crippen LogP contribution in [0.1, 0.15) is 75.7 Å². The van der Waals surface area contributed by atoms with E-state index in [1.165, 1.54) is 63.5 Å². The predicted molar refractivity (Wildman–Crippen MR) is 100 cm³/mol. The van der Waals surface area contributed by atoms with E-state index >= 15 is 0 Å². The number of halogens is 2. The number of hydrogen-bond acceptors (Lipinski definition) is 1. The SMILES string of the molecule is N#C/C=C/C1CCC(CCC2CCC(c3ccc(F)c(F)c3)CC2)CC1. The van der Waals surface area contributed by atoms with Gasteiger partial charge in [0.05, 0.1) is 6.07 Å². The Morgan fingerprint density at radius 1 is 0.885 bits per heavy atom. The second-order valence-corrected chi connectivity index (χ2v) is 8.24. The van der Waals surface area contributed by atoms with Gasteiger partial charge in [0.25, 0.3) is 0 Å². The van der Waals surface area contributed by atoms with E-state index in [1.54, 1.807) is 12.1 Å². The molecule has 2 aliphatic carbocycles. The molecule has 1 nitrogen and oxygen atoms in total. The van der Waals surface area contributed by atoms with Gasteiger partial charge < -0.3 is 0 Å². The summed E-state index contributed by atoms with van der Waals surface area (Å²) in [5, 5.41) is 8.62. The molecule has 0 saturated heterocycles. The highest BCUT2D eigenvalue weighted by Gasteiger charge is 2.25. The van der Waals surface area contributed by atoms with Crippen LogP contribution >= 0.6 is 0 Å². The van der Waals surface area contributed by atoms with Crippen molar-refractivity contribution < 1.29 is 8.78 Å². The summed E-state index contributed by atoms with van der Waals surface area (Å²) in [5.41, 5.74) is 0.964. The Kier molecular flexibility index (Phi) is 6.83. The molecule has 0 aliphatic heterocycles. The number of hydrogen-bond donors (Lipinski definition) is 0. The lowest BCUT2D eigenvalue weighted by atomic mass is 9.74. The fourth-order valence-corrected chi connectivity index (χ4v) is 4.87. The highest BCUT2D eigenvalue weighted by molar-refractivity contribution is 5.22. The first kappa shape index (κ1) is 19.1. The molecule has 0 radical (unpaired) electrons. The maximum atomic E-state index is 13.4. The molecule has 0 spiro atoms. The van der Waals surface area contributed by atoms with Gasteiger partial charge in [-0.25, -0.2) is 8.78 Å². The summed E-state index contributed by atoms with van der Waals surface area (Å²) < 4.78 is 26.5. The van der Waals surface area contributed by atoms with E-state index in [0.717, 1.165) is 30.2 Å². The molecule has 1 aromatic carbocycles. The molecule has 2 aliphatic rings. The van der Waals surface area contributed by atoms with Gasteiger partial charge in [-0.15, -0.1) is 0 Å². The summed E-state index contributed by atoms with van der Waals surface area (Å²) in [6.07, 6.45) is 16.0. The van der Waals surface area contributed by atoms with Gasteiger partial charge in [0.1, 0.15) is 0 Å². The number of nitrogens with zero attached hydrogens (tertiary/aromatic N) is 1. The molecule has 0 unspecified atom stereocenters. The Bertz CT molecular complexity index is 645. The fraction of sp³-hybridized carbons (Fsp3) is 0.609. The van der Waals surface area contributed by atoms with Crippen LogP contribution in [-0.2, 0) is 0 Å². The predicted octanol–water partition coefficient (Wildman–Crippen LogP) is 6.90. The van der Waals surface area contributed by atoms with E-state index in [4.69, 9.17) is 5.26 Å². The molecular formula is C23H29F2N. The topological polar surface area (TPSA) is 23.8 Å². The lowest BCUT2D eigenvalue weighted by Gasteiger charge is -2.31. The van der Waals surface area contributed by atoms with Gasteiger partial charge in [-0.05, 0) is 92.7 Å². The van der Waals surface area contributed by atoms with Crippen molar-refractivity contribution in [3.05, 3.63) is 47.5 Å². The third kappa shape index (κ3) is 5.16. The van der Waals surface area contributed by atoms with Crippen LogP contribution < -0.4 is 0 Å². The van der Waals surface area contributed by atoms with Gasteiger partial charge in [0.2, 0.25) is 0 Å². The van der Waals surface area contributed by atoms with Crippen LogP contribution in [0.3, 0.4) is 0 Å². The quantitative estimate of drug-likeness (QED) is 0.525. The zero-order valence-electron chi connectivity index (χ0n) is 15.5. The Balaban J connectivity index is 1.38. The van der Waals surface area contributed by atoms with E-state index in [1.807, 2.05) is 0 Å². The molecule has 1 aromatic rings. The molecule has 0 N–H and O–H groups in total. The first-order valence-electron chi connectivity index (χ1n) is 10.2. The molecule has 3 heteroatoms. The molecule has 2 saturated carbocycles. The maximum Gasteiger partial charge on any atom is 0.159 e. The molecule has 26 heavy (non-hydrogen) atoms. The van der Waals surface area contributed by atoms with Gasteiger partial charge in [-0.3, -0.25) is 0 Å². The molecule has 0 heterocycles. The molecule has 0 aromatic heterocycles.